The van der Waals surface area contributed by atoms with E-state index in [-0.39, 0.29) is 5.92 Å². The second-order valence-corrected chi connectivity index (χ2v) is 5.65. The lowest BCUT2D eigenvalue weighted by atomic mass is 10.0. The van der Waals surface area contributed by atoms with Gasteiger partial charge in [0.25, 0.3) is 0 Å². The first-order chi connectivity index (χ1) is 8.34. The fourth-order valence-electron chi connectivity index (χ4n) is 3.30. The van der Waals surface area contributed by atoms with Crippen molar-refractivity contribution in [2.75, 3.05) is 39.3 Å². The molecular formula is C13H23N3O. The normalized spacial score (nSPS) is 28.4. The molecule has 0 unspecified atom stereocenters. The van der Waals surface area contributed by atoms with Gasteiger partial charge in [-0.3, -0.25) is 9.69 Å². The summed E-state index contributed by atoms with van der Waals surface area (Å²) in [5.74, 6) is 0.655. The van der Waals surface area contributed by atoms with Crippen LogP contribution in [-0.4, -0.2) is 61.0 Å². The lowest BCUT2D eigenvalue weighted by molar-refractivity contribution is -0.139. The SMILES string of the molecule is O=C(C1CNC1)N1CCN(C2CCCC2)CC1. The Morgan fingerprint density at radius 1 is 1.00 bits per heavy atom. The van der Waals surface area contributed by atoms with Gasteiger partial charge in [0.1, 0.15) is 0 Å². The molecule has 0 aromatic carbocycles. The number of carbonyl (C=O) groups is 1. The van der Waals surface area contributed by atoms with Gasteiger partial charge in [-0.25, -0.2) is 0 Å². The van der Waals surface area contributed by atoms with E-state index in [4.69, 9.17) is 0 Å². The minimum absolute atomic E-state index is 0.271. The molecule has 0 bridgehead atoms. The number of hydrogen-bond acceptors (Lipinski definition) is 3. The quantitative estimate of drug-likeness (QED) is 0.750. The maximum absolute atomic E-state index is 12.1. The molecular weight excluding hydrogens is 214 g/mol. The van der Waals surface area contributed by atoms with Gasteiger partial charge in [0.05, 0.1) is 5.92 Å². The molecule has 2 heterocycles. The van der Waals surface area contributed by atoms with Crippen LogP contribution in [0.5, 0.6) is 0 Å². The van der Waals surface area contributed by atoms with Crippen molar-refractivity contribution < 1.29 is 4.79 Å². The van der Waals surface area contributed by atoms with Crippen LogP contribution >= 0.6 is 0 Å². The second kappa shape index (κ2) is 4.94. The van der Waals surface area contributed by atoms with Crippen LogP contribution in [0.25, 0.3) is 0 Å². The highest BCUT2D eigenvalue weighted by atomic mass is 16.2. The highest BCUT2D eigenvalue weighted by Gasteiger charge is 2.32. The third kappa shape index (κ3) is 2.33. The molecule has 17 heavy (non-hydrogen) atoms. The first-order valence-corrected chi connectivity index (χ1v) is 7.08. The van der Waals surface area contributed by atoms with Crippen LogP contribution in [-0.2, 0) is 4.79 Å². The highest BCUT2D eigenvalue weighted by Crippen LogP contribution is 2.24. The molecule has 0 aromatic rings. The lowest BCUT2D eigenvalue weighted by Gasteiger charge is -2.40. The second-order valence-electron chi connectivity index (χ2n) is 5.65. The number of nitrogens with zero attached hydrogens (tertiary/aromatic N) is 2. The Labute approximate surface area is 103 Å². The van der Waals surface area contributed by atoms with E-state index in [0.29, 0.717) is 5.91 Å². The van der Waals surface area contributed by atoms with Crippen molar-refractivity contribution in [3.8, 4) is 0 Å². The first-order valence-electron chi connectivity index (χ1n) is 7.08. The summed E-state index contributed by atoms with van der Waals surface area (Å²) < 4.78 is 0. The van der Waals surface area contributed by atoms with E-state index in [0.717, 1.165) is 45.3 Å². The maximum atomic E-state index is 12.1. The molecule has 1 saturated carbocycles. The lowest BCUT2D eigenvalue weighted by Crippen LogP contribution is -2.57. The van der Waals surface area contributed by atoms with Crippen molar-refractivity contribution in [1.82, 2.24) is 15.1 Å². The fourth-order valence-corrected chi connectivity index (χ4v) is 3.30. The number of rotatable bonds is 2. The summed E-state index contributed by atoms with van der Waals surface area (Å²) in [4.78, 5) is 16.8. The molecule has 4 heteroatoms. The molecule has 1 N–H and O–H groups in total. The van der Waals surface area contributed by atoms with Gasteiger partial charge in [-0.05, 0) is 12.8 Å². The maximum Gasteiger partial charge on any atom is 0.228 e. The molecule has 3 rings (SSSR count). The van der Waals surface area contributed by atoms with Crippen LogP contribution in [0.4, 0.5) is 0 Å². The van der Waals surface area contributed by atoms with Crippen molar-refractivity contribution in [2.24, 2.45) is 5.92 Å². The summed E-state index contributed by atoms with van der Waals surface area (Å²) >= 11 is 0. The van der Waals surface area contributed by atoms with Crippen LogP contribution in [0.2, 0.25) is 0 Å². The third-order valence-corrected chi connectivity index (χ3v) is 4.60. The van der Waals surface area contributed by atoms with Crippen molar-refractivity contribution >= 4 is 5.91 Å². The van der Waals surface area contributed by atoms with Crippen molar-refractivity contribution in [3.05, 3.63) is 0 Å². The Morgan fingerprint density at radius 3 is 2.18 bits per heavy atom. The van der Waals surface area contributed by atoms with Crippen molar-refractivity contribution in [3.63, 3.8) is 0 Å². The Kier molecular flexibility index (Phi) is 3.34. The zero-order chi connectivity index (χ0) is 11.7. The summed E-state index contributed by atoms with van der Waals surface area (Å²) in [5, 5.41) is 3.18. The Morgan fingerprint density at radius 2 is 1.65 bits per heavy atom. The minimum Gasteiger partial charge on any atom is -0.340 e. The van der Waals surface area contributed by atoms with E-state index in [1.807, 2.05) is 0 Å². The average molecular weight is 237 g/mol. The van der Waals surface area contributed by atoms with Crippen LogP contribution in [0.1, 0.15) is 25.7 Å². The Hall–Kier alpha value is -0.610. The largest absolute Gasteiger partial charge is 0.340 e. The fraction of sp³-hybridized carbons (Fsp3) is 0.923. The predicted molar refractivity (Wildman–Crippen MR) is 66.8 cm³/mol. The molecule has 0 aromatic heterocycles. The van der Waals surface area contributed by atoms with Gasteiger partial charge in [0.15, 0.2) is 0 Å². The molecule has 1 aliphatic carbocycles. The average Bonchev–Trinajstić information content (AvgIpc) is 2.80. The summed E-state index contributed by atoms with van der Waals surface area (Å²) in [5.41, 5.74) is 0. The van der Waals surface area contributed by atoms with Crippen LogP contribution < -0.4 is 5.32 Å². The van der Waals surface area contributed by atoms with Gasteiger partial charge in [-0.1, -0.05) is 12.8 Å². The molecule has 0 atom stereocenters. The molecule has 0 radical (unpaired) electrons. The predicted octanol–water partition coefficient (Wildman–Crippen LogP) is 0.293. The topological polar surface area (TPSA) is 35.6 Å². The van der Waals surface area contributed by atoms with Crippen molar-refractivity contribution in [1.29, 1.82) is 0 Å². The first kappa shape index (κ1) is 11.5. The Bertz CT molecular complexity index is 276. The summed E-state index contributed by atoms with van der Waals surface area (Å²) in [6, 6.07) is 0.817. The molecule has 0 spiro atoms. The zero-order valence-corrected chi connectivity index (χ0v) is 10.5. The number of carbonyl (C=O) groups excluding carboxylic acids is 1. The third-order valence-electron chi connectivity index (χ3n) is 4.60. The molecule has 3 fully saturated rings. The van der Waals surface area contributed by atoms with Gasteiger partial charge in [0, 0.05) is 45.3 Å². The summed E-state index contributed by atoms with van der Waals surface area (Å²) in [7, 11) is 0. The summed E-state index contributed by atoms with van der Waals surface area (Å²) in [6.45, 7) is 5.87. The molecule has 4 nitrogen and oxygen atoms in total. The number of piperazine rings is 1. The molecule has 1 amide bonds. The Balaban J connectivity index is 1.47. The van der Waals surface area contributed by atoms with E-state index in [1.54, 1.807) is 0 Å². The van der Waals surface area contributed by atoms with Crippen molar-refractivity contribution in [2.45, 2.75) is 31.7 Å². The van der Waals surface area contributed by atoms with Gasteiger partial charge >= 0.3 is 0 Å². The standard InChI is InChI=1S/C13H23N3O/c17-13(11-9-14-10-11)16-7-5-15(6-8-16)12-3-1-2-4-12/h11-12,14H,1-10H2. The van der Waals surface area contributed by atoms with Gasteiger partial charge in [0.2, 0.25) is 5.91 Å². The van der Waals surface area contributed by atoms with E-state index < -0.39 is 0 Å². The van der Waals surface area contributed by atoms with Gasteiger partial charge in [-0.2, -0.15) is 0 Å². The highest BCUT2D eigenvalue weighted by molar-refractivity contribution is 5.80. The van der Waals surface area contributed by atoms with E-state index in [1.165, 1.54) is 25.7 Å². The smallest absolute Gasteiger partial charge is 0.228 e. The van der Waals surface area contributed by atoms with E-state index in [2.05, 4.69) is 15.1 Å². The number of hydrogen-bond donors (Lipinski definition) is 1. The number of amides is 1. The monoisotopic (exact) mass is 237 g/mol. The minimum atomic E-state index is 0.271. The van der Waals surface area contributed by atoms with Crippen LogP contribution in [0, 0.1) is 5.92 Å². The molecule has 3 aliphatic rings. The summed E-state index contributed by atoms with van der Waals surface area (Å²) in [6.07, 6.45) is 5.55. The zero-order valence-electron chi connectivity index (χ0n) is 10.5. The molecule has 2 saturated heterocycles. The van der Waals surface area contributed by atoms with E-state index >= 15 is 0 Å². The van der Waals surface area contributed by atoms with E-state index in [9.17, 15) is 4.79 Å². The molecule has 2 aliphatic heterocycles. The molecule has 96 valence electrons. The van der Waals surface area contributed by atoms with Gasteiger partial charge in [-0.15, -0.1) is 0 Å². The van der Waals surface area contributed by atoms with Crippen LogP contribution in [0.15, 0.2) is 0 Å². The van der Waals surface area contributed by atoms with Gasteiger partial charge < -0.3 is 10.2 Å². The number of nitrogens with one attached hydrogen (secondary N) is 1. The van der Waals surface area contributed by atoms with Crippen LogP contribution in [0.3, 0.4) is 0 Å².